The van der Waals surface area contributed by atoms with E-state index >= 15 is 0 Å². The van der Waals surface area contributed by atoms with Crippen LogP contribution in [0.2, 0.25) is 0 Å². The Kier molecular flexibility index (Phi) is 4.50. The van der Waals surface area contributed by atoms with Crippen molar-refractivity contribution in [3.8, 4) is 0 Å². The number of rotatable bonds is 4. The number of nitrogens with two attached hydrogens (primary N) is 1. The van der Waals surface area contributed by atoms with Gasteiger partial charge in [-0.2, -0.15) is 0 Å². The van der Waals surface area contributed by atoms with Crippen molar-refractivity contribution < 1.29 is 4.79 Å². The molecular weight excluding hydrogens is 234 g/mol. The molecule has 0 unspecified atom stereocenters. The molecule has 3 N–H and O–H groups in total. The highest BCUT2D eigenvalue weighted by Crippen LogP contribution is 2.19. The number of thiazole rings is 1. The minimum Gasteiger partial charge on any atom is -0.348 e. The molecule has 1 amide bonds. The molecule has 2 rings (SSSR count). The van der Waals surface area contributed by atoms with Gasteiger partial charge in [0.2, 0.25) is 0 Å². The number of nitrogens with zero attached hydrogens (tertiary/aromatic N) is 1. The second kappa shape index (κ2) is 5.44. The van der Waals surface area contributed by atoms with Crippen LogP contribution >= 0.6 is 23.7 Å². The summed E-state index contributed by atoms with van der Waals surface area (Å²) in [6.45, 7) is 0.581. The van der Waals surface area contributed by atoms with E-state index in [0.717, 1.165) is 24.3 Å². The monoisotopic (exact) mass is 247 g/mol. The predicted octanol–water partition coefficient (Wildman–Crippen LogP) is 0.958. The molecule has 1 heterocycles. The van der Waals surface area contributed by atoms with Crippen LogP contribution in [-0.2, 0) is 6.42 Å². The number of nitrogens with one attached hydrogen (secondary N) is 1. The van der Waals surface area contributed by atoms with E-state index in [1.54, 1.807) is 5.38 Å². The quantitative estimate of drug-likeness (QED) is 0.833. The number of hydrogen-bond acceptors (Lipinski definition) is 4. The number of hydrogen-bond donors (Lipinski definition) is 2. The van der Waals surface area contributed by atoms with Gasteiger partial charge in [-0.05, 0) is 19.4 Å². The number of carbonyl (C=O) groups is 1. The number of amides is 1. The van der Waals surface area contributed by atoms with Crippen molar-refractivity contribution in [3.05, 3.63) is 16.1 Å². The third kappa shape index (κ3) is 3.44. The summed E-state index contributed by atoms with van der Waals surface area (Å²) in [6.07, 6.45) is 2.96. The first-order valence-electron chi connectivity index (χ1n) is 4.75. The summed E-state index contributed by atoms with van der Waals surface area (Å²) in [5.74, 6) is -0.0491. The van der Waals surface area contributed by atoms with Crippen LogP contribution in [0.15, 0.2) is 5.38 Å². The zero-order valence-corrected chi connectivity index (χ0v) is 9.87. The Morgan fingerprint density at radius 1 is 1.67 bits per heavy atom. The van der Waals surface area contributed by atoms with Gasteiger partial charge in [-0.1, -0.05) is 0 Å². The molecule has 1 aromatic rings. The molecule has 15 heavy (non-hydrogen) atoms. The first-order chi connectivity index (χ1) is 6.79. The highest BCUT2D eigenvalue weighted by Gasteiger charge is 2.24. The van der Waals surface area contributed by atoms with Crippen LogP contribution < -0.4 is 11.1 Å². The third-order valence-electron chi connectivity index (χ3n) is 2.06. The zero-order valence-electron chi connectivity index (χ0n) is 8.23. The smallest absolute Gasteiger partial charge is 0.270 e. The Labute approximate surface area is 98.7 Å². The van der Waals surface area contributed by atoms with Crippen LogP contribution in [0.5, 0.6) is 0 Å². The minimum absolute atomic E-state index is 0. The molecule has 0 aromatic carbocycles. The summed E-state index contributed by atoms with van der Waals surface area (Å²) in [6, 6.07) is 0.391. The molecule has 1 aliphatic carbocycles. The normalized spacial score (nSPS) is 14.5. The van der Waals surface area contributed by atoms with E-state index < -0.39 is 0 Å². The lowest BCUT2D eigenvalue weighted by Crippen LogP contribution is -2.25. The first kappa shape index (κ1) is 12.4. The number of carbonyl (C=O) groups excluding carboxylic acids is 1. The predicted molar refractivity (Wildman–Crippen MR) is 62.6 cm³/mol. The average Bonchev–Trinajstić information content (AvgIpc) is 2.83. The lowest BCUT2D eigenvalue weighted by Gasteiger charge is -1.98. The Bertz CT molecular complexity index is 338. The molecule has 1 aliphatic rings. The zero-order chi connectivity index (χ0) is 9.97. The molecule has 1 saturated carbocycles. The maximum Gasteiger partial charge on any atom is 0.270 e. The van der Waals surface area contributed by atoms with Crippen LogP contribution in [0.1, 0.15) is 28.3 Å². The lowest BCUT2D eigenvalue weighted by atomic mass is 10.4. The molecule has 0 atom stereocenters. The van der Waals surface area contributed by atoms with E-state index in [0.29, 0.717) is 18.3 Å². The summed E-state index contributed by atoms with van der Waals surface area (Å²) in [4.78, 5) is 15.7. The van der Waals surface area contributed by atoms with Gasteiger partial charge in [-0.25, -0.2) is 4.98 Å². The van der Waals surface area contributed by atoms with Crippen molar-refractivity contribution in [1.29, 1.82) is 0 Å². The standard InChI is InChI=1S/C9H13N3OS.ClH/c10-4-3-8-12-7(5-14-8)9(13)11-6-1-2-6;/h5-6H,1-4,10H2,(H,11,13);1H. The third-order valence-corrected chi connectivity index (χ3v) is 2.96. The molecule has 1 aromatic heterocycles. The second-order valence-electron chi connectivity index (χ2n) is 3.41. The van der Waals surface area contributed by atoms with Gasteiger partial charge in [0.1, 0.15) is 5.69 Å². The Morgan fingerprint density at radius 3 is 3.00 bits per heavy atom. The maximum atomic E-state index is 11.5. The highest BCUT2D eigenvalue weighted by atomic mass is 35.5. The van der Waals surface area contributed by atoms with Crippen molar-refractivity contribution in [2.45, 2.75) is 25.3 Å². The Balaban J connectivity index is 0.00000112. The van der Waals surface area contributed by atoms with E-state index in [1.165, 1.54) is 11.3 Å². The largest absolute Gasteiger partial charge is 0.348 e. The number of aromatic nitrogens is 1. The fourth-order valence-electron chi connectivity index (χ4n) is 1.14. The lowest BCUT2D eigenvalue weighted by molar-refractivity contribution is 0.0946. The minimum atomic E-state index is -0.0491. The molecule has 0 aliphatic heterocycles. The van der Waals surface area contributed by atoms with Gasteiger partial charge >= 0.3 is 0 Å². The van der Waals surface area contributed by atoms with E-state index in [2.05, 4.69) is 10.3 Å². The van der Waals surface area contributed by atoms with Crippen molar-refractivity contribution >= 4 is 29.7 Å². The van der Waals surface area contributed by atoms with E-state index in [-0.39, 0.29) is 18.3 Å². The summed E-state index contributed by atoms with van der Waals surface area (Å²) in [5, 5.41) is 5.63. The summed E-state index contributed by atoms with van der Waals surface area (Å²) >= 11 is 1.50. The molecule has 0 saturated heterocycles. The molecule has 4 nitrogen and oxygen atoms in total. The first-order valence-corrected chi connectivity index (χ1v) is 5.63. The summed E-state index contributed by atoms with van der Waals surface area (Å²) in [5.41, 5.74) is 5.94. The molecule has 0 bridgehead atoms. The van der Waals surface area contributed by atoms with Gasteiger partial charge in [0, 0.05) is 17.8 Å². The molecule has 84 valence electrons. The fourth-order valence-corrected chi connectivity index (χ4v) is 1.93. The molecular formula is C9H14ClN3OS. The van der Waals surface area contributed by atoms with Crippen LogP contribution in [0.4, 0.5) is 0 Å². The van der Waals surface area contributed by atoms with Crippen molar-refractivity contribution in [2.75, 3.05) is 6.54 Å². The maximum absolute atomic E-state index is 11.5. The summed E-state index contributed by atoms with van der Waals surface area (Å²) in [7, 11) is 0. The highest BCUT2D eigenvalue weighted by molar-refractivity contribution is 7.09. The molecule has 0 radical (unpaired) electrons. The van der Waals surface area contributed by atoms with Crippen LogP contribution in [0.25, 0.3) is 0 Å². The number of halogens is 1. The summed E-state index contributed by atoms with van der Waals surface area (Å²) < 4.78 is 0. The van der Waals surface area contributed by atoms with Crippen LogP contribution in [0, 0.1) is 0 Å². The average molecular weight is 248 g/mol. The van der Waals surface area contributed by atoms with E-state index in [1.807, 2.05) is 0 Å². The van der Waals surface area contributed by atoms with Gasteiger partial charge in [-0.15, -0.1) is 23.7 Å². The topological polar surface area (TPSA) is 68.0 Å². The van der Waals surface area contributed by atoms with Gasteiger partial charge in [0.15, 0.2) is 0 Å². The molecule has 1 fully saturated rings. The van der Waals surface area contributed by atoms with Crippen molar-refractivity contribution in [1.82, 2.24) is 10.3 Å². The van der Waals surface area contributed by atoms with Crippen molar-refractivity contribution in [3.63, 3.8) is 0 Å². The van der Waals surface area contributed by atoms with Gasteiger partial charge in [-0.3, -0.25) is 4.79 Å². The van der Waals surface area contributed by atoms with E-state index in [9.17, 15) is 4.79 Å². The SMILES string of the molecule is Cl.NCCc1nc(C(=O)NC2CC2)cs1. The molecule has 0 spiro atoms. The Hall–Kier alpha value is -0.650. The van der Waals surface area contributed by atoms with E-state index in [4.69, 9.17) is 5.73 Å². The van der Waals surface area contributed by atoms with Crippen LogP contribution in [0.3, 0.4) is 0 Å². The van der Waals surface area contributed by atoms with Gasteiger partial charge < -0.3 is 11.1 Å². The van der Waals surface area contributed by atoms with Crippen LogP contribution in [-0.4, -0.2) is 23.5 Å². The Morgan fingerprint density at radius 2 is 2.40 bits per heavy atom. The second-order valence-corrected chi connectivity index (χ2v) is 4.36. The molecule has 6 heteroatoms. The fraction of sp³-hybridized carbons (Fsp3) is 0.556. The van der Waals surface area contributed by atoms with Gasteiger partial charge in [0.05, 0.1) is 5.01 Å². The van der Waals surface area contributed by atoms with Gasteiger partial charge in [0.25, 0.3) is 5.91 Å². The van der Waals surface area contributed by atoms with Crippen molar-refractivity contribution in [2.24, 2.45) is 5.73 Å².